The van der Waals surface area contributed by atoms with Crippen molar-refractivity contribution >= 4 is 27.3 Å². The average molecular weight is 497 g/mol. The molecule has 0 atom stereocenters. The molecule has 2 aromatic rings. The first-order valence-corrected chi connectivity index (χ1v) is 14.3. The van der Waals surface area contributed by atoms with Crippen LogP contribution in [0, 0.1) is 13.8 Å². The van der Waals surface area contributed by atoms with Crippen molar-refractivity contribution in [1.82, 2.24) is 9.21 Å². The van der Waals surface area contributed by atoms with Gasteiger partial charge in [-0.05, 0) is 74.9 Å². The zero-order valence-electron chi connectivity index (χ0n) is 20.9. The predicted molar refractivity (Wildman–Crippen MR) is 140 cm³/mol. The molecule has 2 aromatic carbocycles. The lowest BCUT2D eigenvalue weighted by Gasteiger charge is -2.37. The normalized spacial score (nSPS) is 19.5. The molecular weight excluding hydrogens is 460 g/mol. The zero-order valence-corrected chi connectivity index (χ0v) is 21.7. The van der Waals surface area contributed by atoms with Gasteiger partial charge >= 0.3 is 0 Å². The van der Waals surface area contributed by atoms with E-state index in [4.69, 9.17) is 0 Å². The molecule has 3 aliphatic rings. The summed E-state index contributed by atoms with van der Waals surface area (Å²) in [7, 11) is -3.63. The molecule has 0 saturated carbocycles. The number of nitrogens with zero attached hydrogens (tertiary/aromatic N) is 4. The molecule has 3 heterocycles. The maximum Gasteiger partial charge on any atom is 0.254 e. The van der Waals surface area contributed by atoms with E-state index in [0.717, 1.165) is 57.5 Å². The molecule has 3 fully saturated rings. The summed E-state index contributed by atoms with van der Waals surface area (Å²) < 4.78 is 28.8. The number of sulfonamides is 1. The molecule has 188 valence electrons. The Hall–Kier alpha value is -2.58. The van der Waals surface area contributed by atoms with Crippen LogP contribution in [0.4, 0.5) is 11.4 Å². The highest BCUT2D eigenvalue weighted by Crippen LogP contribution is 2.33. The lowest BCUT2D eigenvalue weighted by molar-refractivity contribution is 0.0746. The maximum atomic E-state index is 13.6. The number of rotatable bonds is 5. The Bertz CT molecular complexity index is 1190. The molecule has 7 nitrogen and oxygen atoms in total. The fourth-order valence-electron chi connectivity index (χ4n) is 5.53. The van der Waals surface area contributed by atoms with Gasteiger partial charge in [-0.25, -0.2) is 8.42 Å². The second-order valence-electron chi connectivity index (χ2n) is 10.1. The Morgan fingerprint density at radius 2 is 1.34 bits per heavy atom. The van der Waals surface area contributed by atoms with Crippen LogP contribution in [0.25, 0.3) is 0 Å². The molecule has 0 aromatic heterocycles. The SMILES string of the molecule is Cc1ccc(C)c(N2CCN(C(=O)c3ccc(N4CCCC4)c(S(=O)(=O)N4CCCC4)c3)CC2)c1. The van der Waals surface area contributed by atoms with Crippen LogP contribution < -0.4 is 9.80 Å². The number of hydrogen-bond acceptors (Lipinski definition) is 5. The van der Waals surface area contributed by atoms with E-state index in [1.807, 2.05) is 17.0 Å². The number of benzene rings is 2. The van der Waals surface area contributed by atoms with Gasteiger partial charge in [0.1, 0.15) is 4.90 Å². The van der Waals surface area contributed by atoms with Crippen LogP contribution >= 0.6 is 0 Å². The molecule has 35 heavy (non-hydrogen) atoms. The first kappa shape index (κ1) is 24.1. The lowest BCUT2D eigenvalue weighted by atomic mass is 10.1. The van der Waals surface area contributed by atoms with E-state index in [2.05, 4.69) is 41.8 Å². The van der Waals surface area contributed by atoms with Crippen LogP contribution in [-0.2, 0) is 10.0 Å². The third-order valence-corrected chi connectivity index (χ3v) is 9.54. The van der Waals surface area contributed by atoms with Crippen LogP contribution in [0.5, 0.6) is 0 Å². The molecule has 0 aliphatic carbocycles. The second-order valence-corrected chi connectivity index (χ2v) is 12.0. The van der Waals surface area contributed by atoms with E-state index in [1.165, 1.54) is 16.8 Å². The van der Waals surface area contributed by atoms with E-state index in [-0.39, 0.29) is 5.91 Å². The molecule has 0 N–H and O–H groups in total. The zero-order chi connectivity index (χ0) is 24.6. The van der Waals surface area contributed by atoms with Gasteiger partial charge in [-0.3, -0.25) is 4.79 Å². The van der Waals surface area contributed by atoms with Crippen molar-refractivity contribution in [1.29, 1.82) is 0 Å². The largest absolute Gasteiger partial charge is 0.370 e. The molecule has 0 spiro atoms. The van der Waals surface area contributed by atoms with Crippen LogP contribution in [0.3, 0.4) is 0 Å². The number of hydrogen-bond donors (Lipinski definition) is 0. The molecule has 3 saturated heterocycles. The molecule has 0 bridgehead atoms. The van der Waals surface area contributed by atoms with E-state index in [1.54, 1.807) is 10.4 Å². The highest BCUT2D eigenvalue weighted by molar-refractivity contribution is 7.89. The number of anilines is 2. The van der Waals surface area contributed by atoms with E-state index < -0.39 is 10.0 Å². The van der Waals surface area contributed by atoms with Crippen molar-refractivity contribution in [3.63, 3.8) is 0 Å². The third kappa shape index (κ3) is 4.78. The van der Waals surface area contributed by atoms with E-state index in [0.29, 0.717) is 36.6 Å². The van der Waals surface area contributed by atoms with Crippen molar-refractivity contribution in [3.05, 3.63) is 53.1 Å². The third-order valence-electron chi connectivity index (χ3n) is 7.61. The van der Waals surface area contributed by atoms with Gasteiger partial charge in [0.25, 0.3) is 5.91 Å². The van der Waals surface area contributed by atoms with Gasteiger partial charge in [0.2, 0.25) is 10.0 Å². The van der Waals surface area contributed by atoms with Crippen LogP contribution in [0.15, 0.2) is 41.3 Å². The molecular formula is C27H36N4O3S. The average Bonchev–Trinajstić information content (AvgIpc) is 3.60. The van der Waals surface area contributed by atoms with Crippen LogP contribution in [-0.4, -0.2) is 75.9 Å². The minimum absolute atomic E-state index is 0.0866. The Morgan fingerprint density at radius 1 is 0.714 bits per heavy atom. The number of amides is 1. The smallest absolute Gasteiger partial charge is 0.254 e. The molecule has 3 aliphatic heterocycles. The number of carbonyl (C=O) groups is 1. The first-order chi connectivity index (χ1) is 16.8. The van der Waals surface area contributed by atoms with Crippen LogP contribution in [0.2, 0.25) is 0 Å². The Balaban J connectivity index is 1.38. The quantitative estimate of drug-likeness (QED) is 0.632. The van der Waals surface area contributed by atoms with Gasteiger partial charge in [0.15, 0.2) is 0 Å². The highest BCUT2D eigenvalue weighted by atomic mass is 32.2. The second kappa shape index (κ2) is 9.82. The number of piperazine rings is 1. The molecule has 5 rings (SSSR count). The van der Waals surface area contributed by atoms with Gasteiger partial charge in [-0.2, -0.15) is 4.31 Å². The van der Waals surface area contributed by atoms with E-state index in [9.17, 15) is 13.2 Å². The molecule has 1 amide bonds. The summed E-state index contributed by atoms with van der Waals surface area (Å²) in [5.41, 5.74) is 4.90. The van der Waals surface area contributed by atoms with Gasteiger partial charge in [-0.15, -0.1) is 0 Å². The minimum atomic E-state index is -3.63. The van der Waals surface area contributed by atoms with Gasteiger partial charge in [0, 0.05) is 63.6 Å². The Kier molecular flexibility index (Phi) is 6.77. The standard InChI is InChI=1S/C27H36N4O3S/c1-21-7-8-22(2)25(19-21)29-15-17-30(18-16-29)27(32)23-9-10-24(28-11-3-4-12-28)26(20-23)35(33,34)31-13-5-6-14-31/h7-10,19-20H,3-6,11-18H2,1-2H3. The topological polar surface area (TPSA) is 64.2 Å². The Labute approximate surface area is 209 Å². The fourth-order valence-corrected chi connectivity index (χ4v) is 7.29. The lowest BCUT2D eigenvalue weighted by Crippen LogP contribution is -2.49. The van der Waals surface area contributed by atoms with Crippen molar-refractivity contribution in [2.75, 3.05) is 62.2 Å². The number of aryl methyl sites for hydroxylation is 2. The highest BCUT2D eigenvalue weighted by Gasteiger charge is 2.33. The van der Waals surface area contributed by atoms with Crippen molar-refractivity contribution in [3.8, 4) is 0 Å². The van der Waals surface area contributed by atoms with Crippen molar-refractivity contribution < 1.29 is 13.2 Å². The summed E-state index contributed by atoms with van der Waals surface area (Å²) in [6.45, 7) is 9.82. The van der Waals surface area contributed by atoms with Crippen molar-refractivity contribution in [2.24, 2.45) is 0 Å². The summed E-state index contributed by atoms with van der Waals surface area (Å²) in [6.07, 6.45) is 3.91. The van der Waals surface area contributed by atoms with Crippen molar-refractivity contribution in [2.45, 2.75) is 44.4 Å². The molecule has 8 heteroatoms. The Morgan fingerprint density at radius 3 is 2.03 bits per heavy atom. The predicted octanol–water partition coefficient (Wildman–Crippen LogP) is 3.65. The summed E-state index contributed by atoms with van der Waals surface area (Å²) in [5, 5.41) is 0. The molecule has 0 radical (unpaired) electrons. The molecule has 0 unspecified atom stereocenters. The summed E-state index contributed by atoms with van der Waals surface area (Å²) in [5.74, 6) is -0.0866. The van der Waals surface area contributed by atoms with E-state index >= 15 is 0 Å². The van der Waals surface area contributed by atoms with Gasteiger partial charge in [-0.1, -0.05) is 12.1 Å². The van der Waals surface area contributed by atoms with Gasteiger partial charge < -0.3 is 14.7 Å². The fraction of sp³-hybridized carbons (Fsp3) is 0.519. The summed E-state index contributed by atoms with van der Waals surface area (Å²) >= 11 is 0. The monoisotopic (exact) mass is 496 g/mol. The minimum Gasteiger partial charge on any atom is -0.370 e. The summed E-state index contributed by atoms with van der Waals surface area (Å²) in [4.78, 5) is 20.1. The maximum absolute atomic E-state index is 13.6. The van der Waals surface area contributed by atoms with Crippen LogP contribution in [0.1, 0.15) is 47.2 Å². The first-order valence-electron chi connectivity index (χ1n) is 12.9. The van der Waals surface area contributed by atoms with Gasteiger partial charge in [0.05, 0.1) is 5.69 Å². The summed E-state index contributed by atoms with van der Waals surface area (Å²) in [6, 6.07) is 11.8. The number of carbonyl (C=O) groups excluding carboxylic acids is 1.